The highest BCUT2D eigenvalue weighted by molar-refractivity contribution is 8.00. The molecule has 0 saturated carbocycles. The molecule has 2 aromatic heterocycles. The van der Waals surface area contributed by atoms with Gasteiger partial charge in [0.1, 0.15) is 0 Å². The second kappa shape index (κ2) is 9.73. The molecule has 0 saturated heterocycles. The van der Waals surface area contributed by atoms with Crippen LogP contribution in [0.3, 0.4) is 0 Å². The fourth-order valence-corrected chi connectivity index (χ4v) is 4.47. The van der Waals surface area contributed by atoms with Crippen LogP contribution in [0.15, 0.2) is 72.1 Å². The Kier molecular flexibility index (Phi) is 6.79. The maximum atomic E-state index is 12.9. The fourth-order valence-electron chi connectivity index (χ4n) is 3.11. The van der Waals surface area contributed by atoms with Crippen molar-refractivity contribution in [2.75, 3.05) is 5.32 Å². The van der Waals surface area contributed by atoms with Crippen molar-refractivity contribution in [3.63, 3.8) is 0 Å². The molecular formula is C23H19Cl2N5OS. The van der Waals surface area contributed by atoms with Gasteiger partial charge in [0.2, 0.25) is 5.91 Å². The van der Waals surface area contributed by atoms with Gasteiger partial charge in [0.25, 0.3) is 0 Å². The molecule has 0 fully saturated rings. The first-order valence-electron chi connectivity index (χ1n) is 9.79. The van der Waals surface area contributed by atoms with Crippen LogP contribution in [0.2, 0.25) is 10.0 Å². The van der Waals surface area contributed by atoms with Crippen LogP contribution in [0.4, 0.5) is 5.69 Å². The molecule has 0 aliphatic rings. The van der Waals surface area contributed by atoms with Crippen molar-refractivity contribution in [1.29, 1.82) is 0 Å². The normalized spacial score (nSPS) is 11.9. The van der Waals surface area contributed by atoms with Gasteiger partial charge in [-0.2, -0.15) is 0 Å². The molecule has 9 heteroatoms. The number of hydrogen-bond acceptors (Lipinski definition) is 5. The number of amides is 1. The first kappa shape index (κ1) is 22.3. The quantitative estimate of drug-likeness (QED) is 0.337. The molecular weight excluding hydrogens is 465 g/mol. The van der Waals surface area contributed by atoms with Crippen LogP contribution in [0, 0.1) is 6.92 Å². The van der Waals surface area contributed by atoms with Crippen LogP contribution < -0.4 is 5.32 Å². The molecule has 0 bridgehead atoms. The summed E-state index contributed by atoms with van der Waals surface area (Å²) < 4.78 is 1.95. The zero-order chi connectivity index (χ0) is 22.7. The number of benzene rings is 2. The van der Waals surface area contributed by atoms with Crippen LogP contribution in [0.5, 0.6) is 0 Å². The first-order valence-corrected chi connectivity index (χ1v) is 11.4. The third-order valence-corrected chi connectivity index (χ3v) is 6.44. The van der Waals surface area contributed by atoms with E-state index < -0.39 is 5.25 Å². The average Bonchev–Trinajstić information content (AvgIpc) is 3.20. The van der Waals surface area contributed by atoms with Gasteiger partial charge in [-0.1, -0.05) is 59.2 Å². The lowest BCUT2D eigenvalue weighted by Crippen LogP contribution is -2.23. The standard InChI is InChI=1S/C23H19Cl2N5OS/c1-14-7-3-4-11-19(14)30-21(16-8-6-12-26-13-16)28-29-23(30)32-15(2)22(31)27-20-17(24)9-5-10-18(20)25/h3-13,15H,1-2H3,(H,27,31). The Morgan fingerprint density at radius 2 is 1.78 bits per heavy atom. The van der Waals surface area contributed by atoms with E-state index in [1.807, 2.05) is 47.9 Å². The Balaban J connectivity index is 1.67. The van der Waals surface area contributed by atoms with E-state index in [0.29, 0.717) is 26.7 Å². The SMILES string of the molecule is Cc1ccccc1-n1c(SC(C)C(=O)Nc2c(Cl)cccc2Cl)nnc1-c1cccnc1. The summed E-state index contributed by atoms with van der Waals surface area (Å²) in [6, 6.07) is 16.8. The highest BCUT2D eigenvalue weighted by Gasteiger charge is 2.23. The monoisotopic (exact) mass is 483 g/mol. The van der Waals surface area contributed by atoms with Gasteiger partial charge < -0.3 is 5.32 Å². The molecule has 162 valence electrons. The highest BCUT2D eigenvalue weighted by atomic mass is 35.5. The Hall–Kier alpha value is -2.87. The second-order valence-electron chi connectivity index (χ2n) is 7.02. The zero-order valence-electron chi connectivity index (χ0n) is 17.3. The summed E-state index contributed by atoms with van der Waals surface area (Å²) in [4.78, 5) is 17.1. The maximum absolute atomic E-state index is 12.9. The number of rotatable bonds is 6. The molecule has 0 aliphatic heterocycles. The largest absolute Gasteiger partial charge is 0.323 e. The Labute approximate surface area is 200 Å². The van der Waals surface area contributed by atoms with Gasteiger partial charge in [-0.25, -0.2) is 0 Å². The molecule has 0 aliphatic carbocycles. The summed E-state index contributed by atoms with van der Waals surface area (Å²) in [6.07, 6.45) is 3.45. The van der Waals surface area contributed by atoms with Crippen molar-refractivity contribution >= 4 is 46.6 Å². The number of para-hydroxylation sites is 2. The summed E-state index contributed by atoms with van der Waals surface area (Å²) in [6.45, 7) is 3.82. The highest BCUT2D eigenvalue weighted by Crippen LogP contribution is 2.33. The van der Waals surface area contributed by atoms with E-state index in [1.165, 1.54) is 11.8 Å². The summed E-state index contributed by atoms with van der Waals surface area (Å²) in [5, 5.41) is 12.5. The van der Waals surface area contributed by atoms with Gasteiger partial charge in [-0.3, -0.25) is 14.3 Å². The van der Waals surface area contributed by atoms with E-state index in [-0.39, 0.29) is 5.91 Å². The topological polar surface area (TPSA) is 72.7 Å². The number of carbonyl (C=O) groups excluding carboxylic acids is 1. The smallest absolute Gasteiger partial charge is 0.237 e. The van der Waals surface area contributed by atoms with E-state index in [4.69, 9.17) is 23.2 Å². The number of pyridine rings is 1. The van der Waals surface area contributed by atoms with Gasteiger partial charge >= 0.3 is 0 Å². The molecule has 1 N–H and O–H groups in total. The van der Waals surface area contributed by atoms with Gasteiger partial charge in [0, 0.05) is 18.0 Å². The molecule has 4 aromatic rings. The number of anilines is 1. The lowest BCUT2D eigenvalue weighted by Gasteiger charge is -2.16. The van der Waals surface area contributed by atoms with E-state index >= 15 is 0 Å². The average molecular weight is 484 g/mol. The summed E-state index contributed by atoms with van der Waals surface area (Å²) in [5.74, 6) is 0.406. The maximum Gasteiger partial charge on any atom is 0.237 e. The number of nitrogens with zero attached hydrogens (tertiary/aromatic N) is 4. The lowest BCUT2D eigenvalue weighted by atomic mass is 10.2. The Morgan fingerprint density at radius 1 is 1.03 bits per heavy atom. The minimum absolute atomic E-state index is 0.243. The Morgan fingerprint density at radius 3 is 2.47 bits per heavy atom. The molecule has 32 heavy (non-hydrogen) atoms. The molecule has 4 rings (SSSR count). The third-order valence-electron chi connectivity index (χ3n) is 4.77. The molecule has 1 amide bonds. The number of thioether (sulfide) groups is 1. The number of halogens is 2. The summed E-state index contributed by atoms with van der Waals surface area (Å²) >= 11 is 13.7. The van der Waals surface area contributed by atoms with Crippen molar-refractivity contribution in [2.24, 2.45) is 0 Å². The fraction of sp³-hybridized carbons (Fsp3) is 0.130. The van der Waals surface area contributed by atoms with E-state index in [9.17, 15) is 4.79 Å². The Bertz CT molecular complexity index is 1240. The van der Waals surface area contributed by atoms with Gasteiger partial charge in [0.05, 0.1) is 26.7 Å². The predicted octanol–water partition coefficient (Wildman–Crippen LogP) is 6.06. The molecule has 2 heterocycles. The van der Waals surface area contributed by atoms with Gasteiger partial charge in [-0.15, -0.1) is 10.2 Å². The predicted molar refractivity (Wildman–Crippen MR) is 130 cm³/mol. The van der Waals surface area contributed by atoms with E-state index in [0.717, 1.165) is 16.8 Å². The van der Waals surface area contributed by atoms with Gasteiger partial charge in [0.15, 0.2) is 11.0 Å². The molecule has 0 spiro atoms. The summed E-state index contributed by atoms with van der Waals surface area (Å²) in [5.41, 5.74) is 3.21. The van der Waals surface area contributed by atoms with E-state index in [2.05, 4.69) is 20.5 Å². The van der Waals surface area contributed by atoms with Crippen LogP contribution in [0.25, 0.3) is 17.1 Å². The van der Waals surface area contributed by atoms with Crippen molar-refractivity contribution < 1.29 is 4.79 Å². The van der Waals surface area contributed by atoms with Crippen LogP contribution in [0.1, 0.15) is 12.5 Å². The van der Waals surface area contributed by atoms with Crippen LogP contribution >= 0.6 is 35.0 Å². The molecule has 2 aromatic carbocycles. The molecule has 1 unspecified atom stereocenters. The third kappa shape index (κ3) is 4.65. The molecule has 1 atom stereocenters. The van der Waals surface area contributed by atoms with Crippen molar-refractivity contribution in [1.82, 2.24) is 19.7 Å². The number of aryl methyl sites for hydroxylation is 1. The number of hydrogen-bond donors (Lipinski definition) is 1. The van der Waals surface area contributed by atoms with Crippen molar-refractivity contribution in [3.05, 3.63) is 82.6 Å². The second-order valence-corrected chi connectivity index (χ2v) is 9.14. The molecule has 6 nitrogen and oxygen atoms in total. The molecule has 0 radical (unpaired) electrons. The minimum atomic E-state index is -0.490. The van der Waals surface area contributed by atoms with Crippen LogP contribution in [-0.4, -0.2) is 30.9 Å². The van der Waals surface area contributed by atoms with Crippen molar-refractivity contribution in [2.45, 2.75) is 24.3 Å². The zero-order valence-corrected chi connectivity index (χ0v) is 19.6. The number of carbonyl (C=O) groups is 1. The number of nitrogens with one attached hydrogen (secondary N) is 1. The van der Waals surface area contributed by atoms with Crippen molar-refractivity contribution in [3.8, 4) is 17.1 Å². The first-order chi connectivity index (χ1) is 15.5. The van der Waals surface area contributed by atoms with Gasteiger partial charge in [-0.05, 0) is 49.7 Å². The van der Waals surface area contributed by atoms with Crippen LogP contribution in [-0.2, 0) is 4.79 Å². The summed E-state index contributed by atoms with van der Waals surface area (Å²) in [7, 11) is 0. The minimum Gasteiger partial charge on any atom is -0.323 e. The lowest BCUT2D eigenvalue weighted by molar-refractivity contribution is -0.115. The van der Waals surface area contributed by atoms with E-state index in [1.54, 1.807) is 37.5 Å². The number of aromatic nitrogens is 4.